The van der Waals surface area contributed by atoms with E-state index >= 15 is 0 Å². The Bertz CT molecular complexity index is 793. The van der Waals surface area contributed by atoms with E-state index < -0.39 is 0 Å². The Morgan fingerprint density at radius 1 is 1.24 bits per heavy atom. The first kappa shape index (κ1) is 17.4. The molecule has 0 aromatic carbocycles. The van der Waals surface area contributed by atoms with E-state index in [-0.39, 0.29) is 23.6 Å². The van der Waals surface area contributed by atoms with Crippen molar-refractivity contribution in [2.75, 3.05) is 5.32 Å². The number of hydrogen-bond acceptors (Lipinski definition) is 5. The van der Waals surface area contributed by atoms with E-state index in [9.17, 15) is 9.59 Å². The van der Waals surface area contributed by atoms with E-state index in [2.05, 4.69) is 39.4 Å². The number of anilines is 1. The molecule has 25 heavy (non-hydrogen) atoms. The lowest BCUT2D eigenvalue weighted by molar-refractivity contribution is -0.122. The van der Waals surface area contributed by atoms with Crippen LogP contribution in [0.25, 0.3) is 11.0 Å². The van der Waals surface area contributed by atoms with Crippen molar-refractivity contribution in [1.82, 2.24) is 20.3 Å². The standard InChI is InChI=1S/C18H25N5O2/c1-11(2)9-16(25)20-13-4-6-14(7-5-13)21-18-19-10-12-3-8-15(24)22-17(12)23-18/h3,8,10-11,13-14H,4-7,9H2,1-2H3,(H,20,25)(H2,19,21,22,23,24). The highest BCUT2D eigenvalue weighted by Gasteiger charge is 2.23. The normalized spacial score (nSPS) is 20.6. The van der Waals surface area contributed by atoms with Gasteiger partial charge in [-0.25, -0.2) is 4.98 Å². The van der Waals surface area contributed by atoms with Gasteiger partial charge in [0.05, 0.1) is 0 Å². The second kappa shape index (κ2) is 7.63. The van der Waals surface area contributed by atoms with Gasteiger partial charge >= 0.3 is 0 Å². The number of aromatic nitrogens is 3. The molecule has 1 fully saturated rings. The SMILES string of the molecule is CC(C)CC(=O)NC1CCC(Nc2ncc3ccc(=O)[nH]c3n2)CC1. The first-order chi connectivity index (χ1) is 12.0. The molecule has 3 rings (SSSR count). The van der Waals surface area contributed by atoms with Crippen molar-refractivity contribution in [3.05, 3.63) is 28.7 Å². The van der Waals surface area contributed by atoms with Crippen molar-refractivity contribution in [2.24, 2.45) is 5.92 Å². The Morgan fingerprint density at radius 2 is 1.96 bits per heavy atom. The Balaban J connectivity index is 1.53. The summed E-state index contributed by atoms with van der Waals surface area (Å²) in [6.45, 7) is 4.11. The number of nitrogens with zero attached hydrogens (tertiary/aromatic N) is 2. The highest BCUT2D eigenvalue weighted by Crippen LogP contribution is 2.21. The summed E-state index contributed by atoms with van der Waals surface area (Å²) >= 11 is 0. The number of nitrogens with one attached hydrogen (secondary N) is 3. The second-order valence-electron chi connectivity index (χ2n) is 7.18. The van der Waals surface area contributed by atoms with Gasteiger partial charge in [0, 0.05) is 36.2 Å². The lowest BCUT2D eigenvalue weighted by Crippen LogP contribution is -2.40. The first-order valence-corrected chi connectivity index (χ1v) is 8.91. The van der Waals surface area contributed by atoms with E-state index in [1.54, 1.807) is 12.3 Å². The number of rotatable bonds is 5. The van der Waals surface area contributed by atoms with Crippen LogP contribution in [0.3, 0.4) is 0 Å². The molecule has 2 heterocycles. The second-order valence-corrected chi connectivity index (χ2v) is 7.18. The molecule has 2 aromatic rings. The third-order valence-electron chi connectivity index (χ3n) is 4.49. The third kappa shape index (κ3) is 4.78. The molecule has 0 unspecified atom stereocenters. The first-order valence-electron chi connectivity index (χ1n) is 8.91. The maximum atomic E-state index is 11.9. The number of aromatic amines is 1. The molecule has 1 amide bonds. The van der Waals surface area contributed by atoms with Crippen LogP contribution in [0.15, 0.2) is 23.1 Å². The lowest BCUT2D eigenvalue weighted by Gasteiger charge is -2.29. The lowest BCUT2D eigenvalue weighted by atomic mass is 9.91. The molecule has 0 atom stereocenters. The molecular weight excluding hydrogens is 318 g/mol. The van der Waals surface area contributed by atoms with Crippen LogP contribution in [-0.4, -0.2) is 32.9 Å². The summed E-state index contributed by atoms with van der Waals surface area (Å²) in [7, 11) is 0. The Morgan fingerprint density at radius 3 is 2.68 bits per heavy atom. The van der Waals surface area contributed by atoms with Gasteiger partial charge in [0.1, 0.15) is 5.65 Å². The van der Waals surface area contributed by atoms with E-state index in [0.29, 0.717) is 23.9 Å². The van der Waals surface area contributed by atoms with Gasteiger partial charge in [-0.05, 0) is 37.7 Å². The highest BCUT2D eigenvalue weighted by atomic mass is 16.1. The Hall–Kier alpha value is -2.44. The molecule has 1 saturated carbocycles. The fourth-order valence-electron chi connectivity index (χ4n) is 3.23. The molecule has 1 aliphatic rings. The van der Waals surface area contributed by atoms with E-state index in [1.807, 2.05) is 0 Å². The minimum atomic E-state index is -0.171. The van der Waals surface area contributed by atoms with Crippen molar-refractivity contribution >= 4 is 22.9 Å². The molecule has 0 radical (unpaired) electrons. The van der Waals surface area contributed by atoms with E-state index in [4.69, 9.17) is 0 Å². The van der Waals surface area contributed by atoms with Gasteiger partial charge in [0.15, 0.2) is 0 Å². The van der Waals surface area contributed by atoms with Gasteiger partial charge in [-0.3, -0.25) is 9.59 Å². The van der Waals surface area contributed by atoms with Crippen LogP contribution < -0.4 is 16.2 Å². The van der Waals surface area contributed by atoms with Crippen LogP contribution in [0.1, 0.15) is 46.0 Å². The predicted molar refractivity (Wildman–Crippen MR) is 97.4 cm³/mol. The van der Waals surface area contributed by atoms with Crippen LogP contribution in [0.2, 0.25) is 0 Å². The van der Waals surface area contributed by atoms with Crippen LogP contribution in [-0.2, 0) is 4.79 Å². The molecular formula is C18H25N5O2. The van der Waals surface area contributed by atoms with Crippen molar-refractivity contribution in [2.45, 2.75) is 58.0 Å². The molecule has 3 N–H and O–H groups in total. The summed E-state index contributed by atoms with van der Waals surface area (Å²) in [5.74, 6) is 1.06. The number of amides is 1. The minimum Gasteiger partial charge on any atom is -0.353 e. The summed E-state index contributed by atoms with van der Waals surface area (Å²) in [6, 6.07) is 3.72. The quantitative estimate of drug-likeness (QED) is 0.773. The number of hydrogen-bond donors (Lipinski definition) is 3. The van der Waals surface area contributed by atoms with Gasteiger partial charge in [-0.1, -0.05) is 13.8 Å². The average molecular weight is 343 g/mol. The molecule has 0 saturated heterocycles. The van der Waals surface area contributed by atoms with Gasteiger partial charge in [0.2, 0.25) is 17.4 Å². The Labute approximate surface area is 146 Å². The zero-order valence-corrected chi connectivity index (χ0v) is 14.7. The third-order valence-corrected chi connectivity index (χ3v) is 4.49. The zero-order valence-electron chi connectivity index (χ0n) is 14.7. The number of carbonyl (C=O) groups excluding carboxylic acids is 1. The molecule has 0 bridgehead atoms. The summed E-state index contributed by atoms with van der Waals surface area (Å²) in [5.41, 5.74) is 0.370. The molecule has 2 aromatic heterocycles. The van der Waals surface area contributed by atoms with Gasteiger partial charge in [-0.15, -0.1) is 0 Å². The molecule has 134 valence electrons. The molecule has 0 aliphatic heterocycles. The van der Waals surface area contributed by atoms with Crippen molar-refractivity contribution < 1.29 is 4.79 Å². The van der Waals surface area contributed by atoms with E-state index in [1.165, 1.54) is 6.07 Å². The largest absolute Gasteiger partial charge is 0.353 e. The number of fused-ring (bicyclic) bond motifs is 1. The minimum absolute atomic E-state index is 0.147. The van der Waals surface area contributed by atoms with Gasteiger partial charge < -0.3 is 15.6 Å². The van der Waals surface area contributed by atoms with Crippen LogP contribution >= 0.6 is 0 Å². The molecule has 7 nitrogen and oxygen atoms in total. The smallest absolute Gasteiger partial charge is 0.249 e. The van der Waals surface area contributed by atoms with Crippen LogP contribution in [0.4, 0.5) is 5.95 Å². The van der Waals surface area contributed by atoms with Crippen LogP contribution in [0, 0.1) is 5.92 Å². The molecule has 0 spiro atoms. The molecule has 7 heteroatoms. The van der Waals surface area contributed by atoms with Gasteiger partial charge in [-0.2, -0.15) is 4.98 Å². The number of pyridine rings is 1. The van der Waals surface area contributed by atoms with Crippen molar-refractivity contribution in [3.8, 4) is 0 Å². The number of carbonyl (C=O) groups is 1. The zero-order chi connectivity index (χ0) is 17.8. The average Bonchev–Trinajstić information content (AvgIpc) is 2.55. The highest BCUT2D eigenvalue weighted by molar-refractivity contribution is 5.76. The van der Waals surface area contributed by atoms with Crippen molar-refractivity contribution in [3.63, 3.8) is 0 Å². The maximum absolute atomic E-state index is 11.9. The Kier molecular flexibility index (Phi) is 5.31. The predicted octanol–water partition coefficient (Wildman–Crippen LogP) is 2.20. The summed E-state index contributed by atoms with van der Waals surface area (Å²) in [6.07, 6.45) is 6.11. The fourth-order valence-corrected chi connectivity index (χ4v) is 3.23. The maximum Gasteiger partial charge on any atom is 0.249 e. The van der Waals surface area contributed by atoms with Crippen LogP contribution in [0.5, 0.6) is 0 Å². The van der Waals surface area contributed by atoms with Crippen molar-refractivity contribution in [1.29, 1.82) is 0 Å². The topological polar surface area (TPSA) is 99.8 Å². The molecule has 1 aliphatic carbocycles. The summed E-state index contributed by atoms with van der Waals surface area (Å²) in [4.78, 5) is 34.7. The summed E-state index contributed by atoms with van der Waals surface area (Å²) in [5, 5.41) is 7.28. The fraction of sp³-hybridized carbons (Fsp3) is 0.556. The van der Waals surface area contributed by atoms with Gasteiger partial charge in [0.25, 0.3) is 0 Å². The summed E-state index contributed by atoms with van der Waals surface area (Å²) < 4.78 is 0. The van der Waals surface area contributed by atoms with E-state index in [0.717, 1.165) is 31.1 Å². The monoisotopic (exact) mass is 343 g/mol. The number of H-pyrrole nitrogens is 1.